The van der Waals surface area contributed by atoms with E-state index in [2.05, 4.69) is 123 Å². The number of unbranched alkanes of at least 4 members (excludes halogenated alkanes) is 25. The smallest absolute Gasteiger partial charge is 0.306 e. The molecule has 0 heterocycles. The Morgan fingerprint density at radius 3 is 0.897 bits per heavy atom. The van der Waals surface area contributed by atoms with E-state index in [1.165, 1.54) is 128 Å². The fourth-order valence-electron chi connectivity index (χ4n) is 7.87. The predicted octanol–water partition coefficient (Wildman–Crippen LogP) is 19.3. The number of esters is 2. The van der Waals surface area contributed by atoms with Crippen LogP contribution in [0.2, 0.25) is 0 Å². The van der Waals surface area contributed by atoms with E-state index in [4.69, 9.17) is 9.47 Å². The van der Waals surface area contributed by atoms with Crippen LogP contribution in [0.25, 0.3) is 0 Å². The average molecular weight is 944 g/mol. The fourth-order valence-corrected chi connectivity index (χ4v) is 7.87. The molecule has 1 N–H and O–H groups in total. The highest BCUT2D eigenvalue weighted by Crippen LogP contribution is 2.16. The molecule has 0 aliphatic carbocycles. The van der Waals surface area contributed by atoms with Gasteiger partial charge in [-0.3, -0.25) is 9.59 Å². The second-order valence-electron chi connectivity index (χ2n) is 18.6. The molecule has 0 radical (unpaired) electrons. The molecule has 0 saturated heterocycles. The Labute approximate surface area is 421 Å². The lowest BCUT2D eigenvalue weighted by Gasteiger charge is -2.15. The van der Waals surface area contributed by atoms with E-state index in [1.54, 1.807) is 0 Å². The van der Waals surface area contributed by atoms with Gasteiger partial charge in [-0.05, 0) is 96.3 Å². The molecule has 0 aromatic carbocycles. The number of allylic oxidation sites excluding steroid dienone is 18. The normalized spacial score (nSPS) is 13.0. The minimum atomic E-state index is -0.795. The van der Waals surface area contributed by atoms with Gasteiger partial charge in [0, 0.05) is 12.8 Å². The van der Waals surface area contributed by atoms with Crippen LogP contribution in [0.5, 0.6) is 0 Å². The van der Waals surface area contributed by atoms with Crippen LogP contribution < -0.4 is 0 Å². The third-order valence-electron chi connectivity index (χ3n) is 12.1. The second kappa shape index (κ2) is 57.9. The number of hydrogen-bond donors (Lipinski definition) is 1. The Balaban J connectivity index is 3.48. The summed E-state index contributed by atoms with van der Waals surface area (Å²) in [5, 5.41) is 9.64. The molecular formula is C63H106O5. The maximum absolute atomic E-state index is 12.3. The zero-order valence-electron chi connectivity index (χ0n) is 44.3. The van der Waals surface area contributed by atoms with Gasteiger partial charge < -0.3 is 14.6 Å². The molecule has 1 atom stereocenters. The molecule has 0 aliphatic rings. The van der Waals surface area contributed by atoms with E-state index in [-0.39, 0.29) is 25.2 Å². The maximum atomic E-state index is 12.3. The van der Waals surface area contributed by atoms with Gasteiger partial charge in [-0.15, -0.1) is 0 Å². The van der Waals surface area contributed by atoms with Crippen molar-refractivity contribution in [1.82, 2.24) is 0 Å². The van der Waals surface area contributed by atoms with E-state index in [9.17, 15) is 14.7 Å². The van der Waals surface area contributed by atoms with Gasteiger partial charge in [-0.2, -0.15) is 0 Å². The Hall–Kier alpha value is -3.44. The summed E-state index contributed by atoms with van der Waals surface area (Å²) in [6, 6.07) is 0. The summed E-state index contributed by atoms with van der Waals surface area (Å²) in [7, 11) is 0. The molecular weight excluding hydrogens is 837 g/mol. The molecule has 5 nitrogen and oxygen atoms in total. The molecule has 0 spiro atoms. The number of aliphatic hydroxyl groups excluding tert-OH is 1. The summed E-state index contributed by atoms with van der Waals surface area (Å²) in [5.74, 6) is -0.626. The number of rotatable bonds is 51. The molecule has 0 aromatic rings. The quantitative estimate of drug-likeness (QED) is 0.0374. The van der Waals surface area contributed by atoms with Crippen LogP contribution in [0.1, 0.15) is 258 Å². The van der Waals surface area contributed by atoms with E-state index in [0.29, 0.717) is 12.8 Å². The molecule has 5 heteroatoms. The number of carbonyl (C=O) groups is 2. The SMILES string of the molecule is CC/C=C\C/C=C\C/C=C\C/C=C\C/C=C\CCCCCC(=O)OC(CO)COC(=O)CCCCCCCCCCCCCCCCCCCCCCCC/C=C\C/C=C\C/C=C\C/C=C\CC. The first-order valence-corrected chi connectivity index (χ1v) is 28.4. The lowest BCUT2D eigenvalue weighted by atomic mass is 10.0. The first kappa shape index (κ1) is 64.6. The maximum Gasteiger partial charge on any atom is 0.306 e. The lowest BCUT2D eigenvalue weighted by Crippen LogP contribution is -2.28. The standard InChI is InChI=1S/C63H106O5/c1-3-5-7-9-11-13-15-17-19-21-23-24-25-26-27-28-29-30-31-32-33-34-35-36-37-38-40-41-43-45-47-49-51-53-55-57-62(65)67-60-61(59-64)68-63(66)58-56-54-52-50-48-46-44-42-39-22-20-18-16-14-12-10-8-6-4-2/h5-8,11-14,17-20,23-24,39,42,46,48,61,64H,3-4,9-10,15-16,21-22,25-38,40-41,43-45,47,49-60H2,1-2H3/b7-5-,8-6-,13-11-,14-12-,19-17-,20-18-,24-23-,42-39-,48-46-. The zero-order valence-corrected chi connectivity index (χ0v) is 44.3. The molecule has 0 bridgehead atoms. The van der Waals surface area contributed by atoms with Gasteiger partial charge >= 0.3 is 11.9 Å². The zero-order chi connectivity index (χ0) is 49.2. The van der Waals surface area contributed by atoms with Crippen molar-refractivity contribution in [2.45, 2.75) is 264 Å². The van der Waals surface area contributed by atoms with Crippen LogP contribution in [-0.2, 0) is 19.1 Å². The van der Waals surface area contributed by atoms with E-state index in [0.717, 1.165) is 103 Å². The summed E-state index contributed by atoms with van der Waals surface area (Å²) >= 11 is 0. The van der Waals surface area contributed by atoms with Crippen LogP contribution in [0, 0.1) is 0 Å². The summed E-state index contributed by atoms with van der Waals surface area (Å²) in [4.78, 5) is 24.5. The Bertz CT molecular complexity index is 1340. The van der Waals surface area contributed by atoms with E-state index in [1.807, 2.05) is 0 Å². The first-order valence-electron chi connectivity index (χ1n) is 28.4. The molecule has 1 unspecified atom stereocenters. The van der Waals surface area contributed by atoms with Crippen molar-refractivity contribution in [3.8, 4) is 0 Å². The monoisotopic (exact) mass is 943 g/mol. The highest BCUT2D eigenvalue weighted by molar-refractivity contribution is 5.70. The summed E-state index contributed by atoms with van der Waals surface area (Å²) < 4.78 is 10.7. The van der Waals surface area contributed by atoms with Crippen molar-refractivity contribution in [3.05, 3.63) is 109 Å². The van der Waals surface area contributed by atoms with Crippen LogP contribution in [0.15, 0.2) is 109 Å². The topological polar surface area (TPSA) is 72.8 Å². The van der Waals surface area contributed by atoms with Gasteiger partial charge in [-0.25, -0.2) is 0 Å². The minimum absolute atomic E-state index is 0.0823. The molecule has 388 valence electrons. The summed E-state index contributed by atoms with van der Waals surface area (Å²) in [5.41, 5.74) is 0. The predicted molar refractivity (Wildman–Crippen MR) is 297 cm³/mol. The van der Waals surface area contributed by atoms with Crippen LogP contribution in [0.4, 0.5) is 0 Å². The van der Waals surface area contributed by atoms with Gasteiger partial charge in [0.05, 0.1) is 6.61 Å². The highest BCUT2D eigenvalue weighted by atomic mass is 16.6. The Morgan fingerprint density at radius 2 is 0.588 bits per heavy atom. The number of hydrogen-bond acceptors (Lipinski definition) is 5. The molecule has 0 rings (SSSR count). The van der Waals surface area contributed by atoms with Crippen molar-refractivity contribution in [3.63, 3.8) is 0 Å². The Morgan fingerprint density at radius 1 is 0.338 bits per heavy atom. The van der Waals surface area contributed by atoms with E-state index < -0.39 is 6.10 Å². The molecule has 0 aliphatic heterocycles. The van der Waals surface area contributed by atoms with E-state index >= 15 is 0 Å². The summed E-state index contributed by atoms with van der Waals surface area (Å²) in [6.07, 6.45) is 83.6. The largest absolute Gasteiger partial charge is 0.462 e. The number of ether oxygens (including phenoxy) is 2. The van der Waals surface area contributed by atoms with Gasteiger partial charge in [0.25, 0.3) is 0 Å². The van der Waals surface area contributed by atoms with Crippen LogP contribution >= 0.6 is 0 Å². The third-order valence-corrected chi connectivity index (χ3v) is 12.1. The van der Waals surface area contributed by atoms with Crippen molar-refractivity contribution in [1.29, 1.82) is 0 Å². The van der Waals surface area contributed by atoms with Gasteiger partial charge in [0.1, 0.15) is 6.61 Å². The second-order valence-corrected chi connectivity index (χ2v) is 18.6. The Kier molecular flexibility index (Phi) is 54.9. The van der Waals surface area contributed by atoms with Crippen LogP contribution in [0.3, 0.4) is 0 Å². The fraction of sp³-hybridized carbons (Fsp3) is 0.683. The van der Waals surface area contributed by atoms with Crippen molar-refractivity contribution in [2.24, 2.45) is 0 Å². The molecule has 0 aromatic heterocycles. The average Bonchev–Trinajstić information content (AvgIpc) is 3.34. The lowest BCUT2D eigenvalue weighted by molar-refractivity contribution is -0.161. The van der Waals surface area contributed by atoms with Gasteiger partial charge in [-0.1, -0.05) is 258 Å². The number of aliphatic hydroxyl groups is 1. The molecule has 68 heavy (non-hydrogen) atoms. The summed E-state index contributed by atoms with van der Waals surface area (Å²) in [6.45, 7) is 3.90. The third kappa shape index (κ3) is 55.2. The first-order chi connectivity index (χ1) is 33.6. The van der Waals surface area contributed by atoms with Gasteiger partial charge in [0.2, 0.25) is 0 Å². The highest BCUT2D eigenvalue weighted by Gasteiger charge is 2.16. The minimum Gasteiger partial charge on any atom is -0.462 e. The molecule has 0 saturated carbocycles. The molecule has 0 amide bonds. The van der Waals surface area contributed by atoms with Crippen molar-refractivity contribution < 1.29 is 24.2 Å². The number of carbonyl (C=O) groups excluding carboxylic acids is 2. The van der Waals surface area contributed by atoms with Gasteiger partial charge in [0.15, 0.2) is 6.10 Å². The van der Waals surface area contributed by atoms with Crippen molar-refractivity contribution in [2.75, 3.05) is 13.2 Å². The van der Waals surface area contributed by atoms with Crippen molar-refractivity contribution >= 4 is 11.9 Å². The van der Waals surface area contributed by atoms with Crippen LogP contribution in [-0.4, -0.2) is 36.4 Å². The molecule has 0 fully saturated rings.